The third-order valence-corrected chi connectivity index (χ3v) is 5.59. The maximum absolute atomic E-state index is 7.03. The molecular weight excluding hydrogens is 316 g/mol. The summed E-state index contributed by atoms with van der Waals surface area (Å²) in [6.07, 6.45) is 0.755. The van der Waals surface area contributed by atoms with Gasteiger partial charge in [-0.1, -0.05) is 91.9 Å². The summed E-state index contributed by atoms with van der Waals surface area (Å²) in [5.41, 5.74) is 15.4. The Labute approximate surface area is 154 Å². The van der Waals surface area contributed by atoms with E-state index in [0.29, 0.717) is 0 Å². The van der Waals surface area contributed by atoms with E-state index >= 15 is 0 Å². The average Bonchev–Trinajstić information content (AvgIpc) is 2.71. The molecule has 0 aliphatic rings. The average molecular weight is 340 g/mol. The minimum atomic E-state index is -0.648. The molecular formula is C24H24N2. The summed E-state index contributed by atoms with van der Waals surface area (Å²) in [7, 11) is 0. The zero-order chi connectivity index (χ0) is 18.1. The largest absolute Gasteiger partial charge is 0.322 e. The van der Waals surface area contributed by atoms with E-state index in [4.69, 9.17) is 11.5 Å². The normalized spacial score (nSPS) is 15.0. The van der Waals surface area contributed by atoms with Crippen molar-refractivity contribution in [1.82, 2.24) is 0 Å². The molecule has 0 fully saturated rings. The Hall–Kier alpha value is -2.68. The molecule has 2 heteroatoms. The van der Waals surface area contributed by atoms with Crippen LogP contribution < -0.4 is 11.5 Å². The summed E-state index contributed by atoms with van der Waals surface area (Å²) >= 11 is 0. The van der Waals surface area contributed by atoms with Crippen molar-refractivity contribution in [3.8, 4) is 0 Å². The highest BCUT2D eigenvalue weighted by atomic mass is 14.9. The molecule has 0 saturated carbocycles. The van der Waals surface area contributed by atoms with Gasteiger partial charge in [-0.05, 0) is 39.1 Å². The van der Waals surface area contributed by atoms with Crippen LogP contribution in [-0.2, 0) is 5.54 Å². The van der Waals surface area contributed by atoms with E-state index in [1.807, 2.05) is 0 Å². The molecule has 0 aliphatic carbocycles. The van der Waals surface area contributed by atoms with Gasteiger partial charge in [-0.25, -0.2) is 0 Å². The summed E-state index contributed by atoms with van der Waals surface area (Å²) in [6.45, 7) is 2.12. The van der Waals surface area contributed by atoms with Crippen molar-refractivity contribution in [2.24, 2.45) is 11.5 Å². The van der Waals surface area contributed by atoms with Crippen LogP contribution in [0.25, 0.3) is 21.5 Å². The molecule has 4 rings (SSSR count). The van der Waals surface area contributed by atoms with Crippen LogP contribution in [0.5, 0.6) is 0 Å². The quantitative estimate of drug-likeness (QED) is 0.532. The topological polar surface area (TPSA) is 52.0 Å². The molecule has 2 unspecified atom stereocenters. The smallest absolute Gasteiger partial charge is 0.0608 e. The number of benzene rings is 4. The molecule has 0 radical (unpaired) electrons. The van der Waals surface area contributed by atoms with E-state index < -0.39 is 5.54 Å². The van der Waals surface area contributed by atoms with Gasteiger partial charge in [0.15, 0.2) is 0 Å². The number of hydrogen-bond donors (Lipinski definition) is 2. The van der Waals surface area contributed by atoms with Crippen LogP contribution in [0, 0.1) is 0 Å². The Bertz CT molecular complexity index is 1060. The molecule has 0 spiro atoms. The Balaban J connectivity index is 1.92. The van der Waals surface area contributed by atoms with Crippen LogP contribution in [0.2, 0.25) is 0 Å². The van der Waals surface area contributed by atoms with Crippen LogP contribution in [0.1, 0.15) is 30.5 Å². The summed E-state index contributed by atoms with van der Waals surface area (Å²) in [5.74, 6) is 0. The minimum Gasteiger partial charge on any atom is -0.322 e. The van der Waals surface area contributed by atoms with Crippen LogP contribution in [0.4, 0.5) is 0 Å². The zero-order valence-electron chi connectivity index (χ0n) is 15.0. The minimum absolute atomic E-state index is 0.301. The summed E-state index contributed by atoms with van der Waals surface area (Å²) in [6, 6.07) is 29.0. The van der Waals surface area contributed by atoms with Gasteiger partial charge < -0.3 is 11.5 Å². The van der Waals surface area contributed by atoms with E-state index in [-0.39, 0.29) is 6.04 Å². The highest BCUT2D eigenvalue weighted by Crippen LogP contribution is 2.39. The SMILES string of the molecule is CCC(N)(c1cccc2ccccc12)C(N)c1cccc2ccccc12. The maximum Gasteiger partial charge on any atom is 0.0608 e. The number of nitrogens with two attached hydrogens (primary N) is 2. The van der Waals surface area contributed by atoms with Crippen LogP contribution >= 0.6 is 0 Å². The van der Waals surface area contributed by atoms with Gasteiger partial charge in [0.2, 0.25) is 0 Å². The highest BCUT2D eigenvalue weighted by Gasteiger charge is 2.35. The fourth-order valence-corrected chi connectivity index (χ4v) is 4.01. The second-order valence-electron chi connectivity index (χ2n) is 6.97. The first-order valence-electron chi connectivity index (χ1n) is 9.15. The van der Waals surface area contributed by atoms with E-state index in [9.17, 15) is 0 Å². The Morgan fingerprint density at radius 2 is 1.27 bits per heavy atom. The lowest BCUT2D eigenvalue weighted by Gasteiger charge is -2.37. The lowest BCUT2D eigenvalue weighted by atomic mass is 9.76. The standard InChI is InChI=1S/C24H24N2/c1-2-24(26,22-16-8-12-18-10-4-6-14-20(18)22)23(25)21-15-7-11-17-9-3-5-13-19(17)21/h3-16,23H,2,25-26H2,1H3. The van der Waals surface area contributed by atoms with Gasteiger partial charge >= 0.3 is 0 Å². The molecule has 26 heavy (non-hydrogen) atoms. The fraction of sp³-hybridized carbons (Fsp3) is 0.167. The van der Waals surface area contributed by atoms with Crippen LogP contribution in [0.3, 0.4) is 0 Å². The highest BCUT2D eigenvalue weighted by molar-refractivity contribution is 5.88. The molecule has 4 N–H and O–H groups in total. The van der Waals surface area contributed by atoms with Gasteiger partial charge in [0.05, 0.1) is 11.6 Å². The van der Waals surface area contributed by atoms with Crippen molar-refractivity contribution in [1.29, 1.82) is 0 Å². The molecule has 4 aromatic rings. The lowest BCUT2D eigenvalue weighted by Crippen LogP contribution is -2.46. The van der Waals surface area contributed by atoms with Crippen LogP contribution in [0.15, 0.2) is 84.9 Å². The Morgan fingerprint density at radius 3 is 1.96 bits per heavy atom. The van der Waals surface area contributed by atoms with E-state index in [0.717, 1.165) is 17.5 Å². The third kappa shape index (κ3) is 2.59. The first-order chi connectivity index (χ1) is 12.6. The molecule has 2 nitrogen and oxygen atoms in total. The Kier molecular flexibility index (Phi) is 4.23. The van der Waals surface area contributed by atoms with E-state index in [2.05, 4.69) is 91.9 Å². The molecule has 130 valence electrons. The number of fused-ring (bicyclic) bond motifs is 2. The second-order valence-corrected chi connectivity index (χ2v) is 6.97. The van der Waals surface area contributed by atoms with Crippen molar-refractivity contribution in [2.75, 3.05) is 0 Å². The van der Waals surface area contributed by atoms with E-state index in [1.165, 1.54) is 21.5 Å². The van der Waals surface area contributed by atoms with Gasteiger partial charge in [-0.15, -0.1) is 0 Å². The summed E-state index contributed by atoms with van der Waals surface area (Å²) in [5, 5.41) is 4.73. The number of hydrogen-bond acceptors (Lipinski definition) is 2. The molecule has 0 bridgehead atoms. The van der Waals surface area contributed by atoms with Crippen molar-refractivity contribution in [2.45, 2.75) is 24.9 Å². The molecule has 2 atom stereocenters. The molecule has 0 aromatic heterocycles. The molecule has 0 aliphatic heterocycles. The van der Waals surface area contributed by atoms with Crippen molar-refractivity contribution >= 4 is 21.5 Å². The van der Waals surface area contributed by atoms with Crippen LogP contribution in [-0.4, -0.2) is 0 Å². The van der Waals surface area contributed by atoms with Gasteiger partial charge in [-0.3, -0.25) is 0 Å². The van der Waals surface area contributed by atoms with Crippen molar-refractivity contribution in [3.63, 3.8) is 0 Å². The Morgan fingerprint density at radius 1 is 0.731 bits per heavy atom. The van der Waals surface area contributed by atoms with Gasteiger partial charge in [0, 0.05) is 0 Å². The third-order valence-electron chi connectivity index (χ3n) is 5.59. The predicted octanol–water partition coefficient (Wildman–Crippen LogP) is 5.26. The van der Waals surface area contributed by atoms with E-state index in [1.54, 1.807) is 0 Å². The first-order valence-corrected chi connectivity index (χ1v) is 9.15. The summed E-state index contributed by atoms with van der Waals surface area (Å²) < 4.78 is 0. The molecule has 0 amide bonds. The van der Waals surface area contributed by atoms with Crippen molar-refractivity contribution < 1.29 is 0 Å². The zero-order valence-corrected chi connectivity index (χ0v) is 15.0. The maximum atomic E-state index is 7.03. The molecule has 0 heterocycles. The fourth-order valence-electron chi connectivity index (χ4n) is 4.01. The molecule has 0 saturated heterocycles. The number of rotatable bonds is 4. The van der Waals surface area contributed by atoms with Gasteiger partial charge in [-0.2, -0.15) is 0 Å². The monoisotopic (exact) mass is 340 g/mol. The lowest BCUT2D eigenvalue weighted by molar-refractivity contribution is 0.351. The van der Waals surface area contributed by atoms with Gasteiger partial charge in [0.1, 0.15) is 0 Å². The van der Waals surface area contributed by atoms with Gasteiger partial charge in [0.25, 0.3) is 0 Å². The molecule has 4 aromatic carbocycles. The predicted molar refractivity (Wildman–Crippen MR) is 111 cm³/mol. The first kappa shape index (κ1) is 16.8. The van der Waals surface area contributed by atoms with Crippen molar-refractivity contribution in [3.05, 3.63) is 96.1 Å². The second kappa shape index (κ2) is 6.56. The summed E-state index contributed by atoms with van der Waals surface area (Å²) in [4.78, 5) is 0.